The van der Waals surface area contributed by atoms with E-state index in [2.05, 4.69) is 28.5 Å². The number of hydrogen-bond donors (Lipinski definition) is 1. The Balaban J connectivity index is 2.20. The van der Waals surface area contributed by atoms with Crippen LogP contribution in [0.5, 0.6) is 0 Å². The first-order valence-corrected chi connectivity index (χ1v) is 7.01. The van der Waals surface area contributed by atoms with Gasteiger partial charge in [-0.05, 0) is 40.6 Å². The number of nitrogen functional groups attached to an aromatic ring is 1. The zero-order chi connectivity index (χ0) is 14.8. The van der Waals surface area contributed by atoms with E-state index >= 15 is 0 Å². The molecule has 3 aromatic rings. The van der Waals surface area contributed by atoms with Crippen LogP contribution in [0.2, 0.25) is 5.02 Å². The maximum atomic E-state index is 6.28. The Morgan fingerprint density at radius 3 is 2.76 bits per heavy atom. The molecule has 0 aliphatic rings. The molecule has 2 aromatic carbocycles. The Labute approximate surface area is 127 Å². The van der Waals surface area contributed by atoms with Crippen molar-refractivity contribution < 1.29 is 0 Å². The van der Waals surface area contributed by atoms with Crippen molar-refractivity contribution in [3.05, 3.63) is 53.1 Å². The minimum atomic E-state index is 0.461. The molecule has 0 radical (unpaired) electrons. The number of para-hydroxylation sites is 1. The Morgan fingerprint density at radius 1 is 1.14 bits per heavy atom. The van der Waals surface area contributed by atoms with Crippen LogP contribution in [-0.2, 0) is 6.42 Å². The number of aromatic nitrogens is 4. The number of aryl methyl sites for hydroxylation is 1. The van der Waals surface area contributed by atoms with E-state index < -0.39 is 0 Å². The summed E-state index contributed by atoms with van der Waals surface area (Å²) in [5.74, 6) is 0.577. The van der Waals surface area contributed by atoms with Crippen molar-refractivity contribution in [2.75, 3.05) is 5.73 Å². The number of rotatable bonds is 3. The molecule has 0 aliphatic heterocycles. The van der Waals surface area contributed by atoms with E-state index in [0.717, 1.165) is 17.7 Å². The van der Waals surface area contributed by atoms with Gasteiger partial charge in [-0.3, -0.25) is 0 Å². The number of halogens is 1. The lowest BCUT2D eigenvalue weighted by molar-refractivity contribution is 0.783. The Bertz CT molecular complexity index is 781. The summed E-state index contributed by atoms with van der Waals surface area (Å²) in [6.07, 6.45) is 0.889. The van der Waals surface area contributed by atoms with Gasteiger partial charge in [-0.1, -0.05) is 42.8 Å². The Hall–Kier alpha value is -2.40. The van der Waals surface area contributed by atoms with Crippen LogP contribution in [0.1, 0.15) is 12.5 Å². The molecular weight excluding hydrogens is 286 g/mol. The molecule has 0 amide bonds. The summed E-state index contributed by atoms with van der Waals surface area (Å²) in [5, 5.41) is 12.4. The molecule has 0 saturated carbocycles. The smallest absolute Gasteiger partial charge is 0.188 e. The van der Waals surface area contributed by atoms with Crippen molar-refractivity contribution in [3.63, 3.8) is 0 Å². The third-order valence-electron chi connectivity index (χ3n) is 3.34. The third-order valence-corrected chi connectivity index (χ3v) is 3.76. The van der Waals surface area contributed by atoms with Crippen molar-refractivity contribution in [2.45, 2.75) is 13.3 Å². The summed E-state index contributed by atoms with van der Waals surface area (Å²) in [7, 11) is 0. The highest BCUT2D eigenvalue weighted by Gasteiger charge is 2.16. The van der Waals surface area contributed by atoms with Gasteiger partial charge in [0.2, 0.25) is 0 Å². The number of benzene rings is 2. The summed E-state index contributed by atoms with van der Waals surface area (Å²) in [6.45, 7) is 2.09. The quantitative estimate of drug-likeness (QED) is 0.754. The molecule has 2 N–H and O–H groups in total. The molecule has 0 spiro atoms. The van der Waals surface area contributed by atoms with Crippen molar-refractivity contribution in [3.8, 4) is 17.1 Å². The van der Waals surface area contributed by atoms with Crippen LogP contribution in [0.25, 0.3) is 17.1 Å². The van der Waals surface area contributed by atoms with Crippen molar-refractivity contribution >= 4 is 17.3 Å². The third kappa shape index (κ3) is 2.36. The van der Waals surface area contributed by atoms with Gasteiger partial charge in [-0.2, -0.15) is 4.68 Å². The van der Waals surface area contributed by atoms with E-state index in [-0.39, 0.29) is 0 Å². The molecule has 106 valence electrons. The minimum Gasteiger partial charge on any atom is -0.398 e. The number of tetrazole rings is 1. The summed E-state index contributed by atoms with van der Waals surface area (Å²) in [5.41, 5.74) is 9.19. The molecular formula is C15H14ClN5. The largest absolute Gasteiger partial charge is 0.398 e. The normalized spacial score (nSPS) is 10.8. The second-order valence-electron chi connectivity index (χ2n) is 4.61. The predicted molar refractivity (Wildman–Crippen MR) is 83.4 cm³/mol. The van der Waals surface area contributed by atoms with Gasteiger partial charge in [-0.15, -0.1) is 5.10 Å². The molecule has 5 nitrogen and oxygen atoms in total. The van der Waals surface area contributed by atoms with Crippen molar-refractivity contribution in [1.82, 2.24) is 20.2 Å². The fraction of sp³-hybridized carbons (Fsp3) is 0.133. The zero-order valence-corrected chi connectivity index (χ0v) is 12.2. The summed E-state index contributed by atoms with van der Waals surface area (Å²) >= 11 is 6.28. The maximum Gasteiger partial charge on any atom is 0.188 e. The van der Waals surface area contributed by atoms with Crippen LogP contribution in [-0.4, -0.2) is 20.2 Å². The topological polar surface area (TPSA) is 69.6 Å². The predicted octanol–water partition coefficient (Wildman–Crippen LogP) is 3.13. The monoisotopic (exact) mass is 299 g/mol. The van der Waals surface area contributed by atoms with Gasteiger partial charge >= 0.3 is 0 Å². The fourth-order valence-corrected chi connectivity index (χ4v) is 2.47. The average molecular weight is 300 g/mol. The molecule has 0 bridgehead atoms. The van der Waals surface area contributed by atoms with E-state index in [0.29, 0.717) is 22.1 Å². The number of nitrogens with zero attached hydrogens (tertiary/aromatic N) is 4. The molecule has 0 saturated heterocycles. The fourth-order valence-electron chi connectivity index (χ4n) is 2.26. The van der Waals surface area contributed by atoms with Gasteiger partial charge in [0.25, 0.3) is 0 Å². The Morgan fingerprint density at radius 2 is 1.95 bits per heavy atom. The summed E-state index contributed by atoms with van der Waals surface area (Å²) < 4.78 is 1.69. The van der Waals surface area contributed by atoms with Gasteiger partial charge in [0.15, 0.2) is 5.82 Å². The van der Waals surface area contributed by atoms with Crippen LogP contribution in [0.3, 0.4) is 0 Å². The number of hydrogen-bond acceptors (Lipinski definition) is 4. The van der Waals surface area contributed by atoms with Gasteiger partial charge in [0, 0.05) is 5.56 Å². The van der Waals surface area contributed by atoms with Gasteiger partial charge in [0.05, 0.1) is 16.4 Å². The Kier molecular flexibility index (Phi) is 3.58. The molecule has 6 heteroatoms. The molecule has 0 unspecified atom stereocenters. The molecule has 3 rings (SSSR count). The zero-order valence-electron chi connectivity index (χ0n) is 11.5. The molecule has 21 heavy (non-hydrogen) atoms. The first-order chi connectivity index (χ1) is 10.2. The summed E-state index contributed by atoms with van der Waals surface area (Å²) in [6, 6.07) is 13.4. The summed E-state index contributed by atoms with van der Waals surface area (Å²) in [4.78, 5) is 0. The van der Waals surface area contributed by atoms with Crippen LogP contribution >= 0.6 is 11.6 Å². The van der Waals surface area contributed by atoms with E-state index in [9.17, 15) is 0 Å². The molecule has 0 atom stereocenters. The molecule has 1 aromatic heterocycles. The number of nitrogens with two attached hydrogens (primary N) is 1. The van der Waals surface area contributed by atoms with Crippen LogP contribution < -0.4 is 5.73 Å². The van der Waals surface area contributed by atoms with Gasteiger partial charge in [-0.25, -0.2) is 0 Å². The minimum absolute atomic E-state index is 0.461. The van der Waals surface area contributed by atoms with E-state index in [1.165, 1.54) is 0 Å². The van der Waals surface area contributed by atoms with E-state index in [1.807, 2.05) is 30.3 Å². The molecule has 0 aliphatic carbocycles. The highest BCUT2D eigenvalue weighted by molar-refractivity contribution is 6.35. The second kappa shape index (κ2) is 5.54. The lowest BCUT2D eigenvalue weighted by Gasteiger charge is -2.10. The van der Waals surface area contributed by atoms with Crippen molar-refractivity contribution in [1.29, 1.82) is 0 Å². The highest BCUT2D eigenvalue weighted by Crippen LogP contribution is 2.31. The highest BCUT2D eigenvalue weighted by atomic mass is 35.5. The van der Waals surface area contributed by atoms with E-state index in [1.54, 1.807) is 10.7 Å². The van der Waals surface area contributed by atoms with Crippen molar-refractivity contribution in [2.24, 2.45) is 0 Å². The second-order valence-corrected chi connectivity index (χ2v) is 4.98. The maximum absolute atomic E-state index is 6.28. The lowest BCUT2D eigenvalue weighted by Crippen LogP contribution is -2.04. The standard InChI is InChI=1S/C15H14ClN5/c1-2-10-6-3-4-9-13(10)21-15(18-19-20-21)11-7-5-8-12(17)14(11)16/h3-9H,2,17H2,1H3. The van der Waals surface area contributed by atoms with Crippen LogP contribution in [0.4, 0.5) is 5.69 Å². The van der Waals surface area contributed by atoms with Crippen LogP contribution in [0, 0.1) is 0 Å². The number of anilines is 1. The average Bonchev–Trinajstić information content (AvgIpc) is 2.99. The molecule has 0 fully saturated rings. The first kappa shape index (κ1) is 13.6. The van der Waals surface area contributed by atoms with Gasteiger partial charge < -0.3 is 5.73 Å². The lowest BCUT2D eigenvalue weighted by atomic mass is 10.1. The van der Waals surface area contributed by atoms with Gasteiger partial charge in [0.1, 0.15) is 0 Å². The SMILES string of the molecule is CCc1ccccc1-n1nnnc1-c1cccc(N)c1Cl. The molecule has 1 heterocycles. The van der Waals surface area contributed by atoms with Crippen LogP contribution in [0.15, 0.2) is 42.5 Å². The van der Waals surface area contributed by atoms with E-state index in [4.69, 9.17) is 17.3 Å². The first-order valence-electron chi connectivity index (χ1n) is 6.63.